The van der Waals surface area contributed by atoms with Crippen molar-refractivity contribution in [2.24, 2.45) is 11.3 Å². The van der Waals surface area contributed by atoms with Gasteiger partial charge in [0.15, 0.2) is 0 Å². The van der Waals surface area contributed by atoms with E-state index in [4.69, 9.17) is 4.98 Å². The van der Waals surface area contributed by atoms with E-state index in [0.717, 1.165) is 18.0 Å². The van der Waals surface area contributed by atoms with Crippen molar-refractivity contribution in [1.29, 1.82) is 0 Å². The lowest BCUT2D eigenvalue weighted by atomic mass is 9.48. The molecule has 1 aromatic heterocycles. The number of rotatable bonds is 3. The van der Waals surface area contributed by atoms with Crippen molar-refractivity contribution in [3.63, 3.8) is 0 Å². The maximum atomic E-state index is 5.12. The van der Waals surface area contributed by atoms with E-state index in [1.165, 1.54) is 33.0 Å². The van der Waals surface area contributed by atoms with Gasteiger partial charge in [-0.1, -0.05) is 68.1 Å². The van der Waals surface area contributed by atoms with Crippen LogP contribution in [0.25, 0.3) is 11.3 Å². The topological polar surface area (TPSA) is 12.9 Å². The minimum atomic E-state index is 0.456. The van der Waals surface area contributed by atoms with Gasteiger partial charge in [-0.25, -0.2) is 0 Å². The lowest BCUT2D eigenvalue weighted by molar-refractivity contribution is 0.0170. The van der Waals surface area contributed by atoms with Crippen LogP contribution in [0.15, 0.2) is 76.5 Å². The van der Waals surface area contributed by atoms with Crippen molar-refractivity contribution in [3.05, 3.63) is 78.0 Å². The zero-order valence-corrected chi connectivity index (χ0v) is 16.1. The Kier molecular flexibility index (Phi) is 3.72. The minimum absolute atomic E-state index is 0.456. The average Bonchev–Trinajstić information content (AvgIpc) is 2.68. The van der Waals surface area contributed by atoms with Crippen LogP contribution in [0, 0.1) is 11.3 Å². The third-order valence-corrected chi connectivity index (χ3v) is 7.51. The highest BCUT2D eigenvalue weighted by Crippen LogP contribution is 2.61. The summed E-state index contributed by atoms with van der Waals surface area (Å²) in [6, 6.07) is 23.8. The molecule has 0 saturated heterocycles. The first-order valence-electron chi connectivity index (χ1n) is 9.45. The Morgan fingerprint density at radius 3 is 2.50 bits per heavy atom. The van der Waals surface area contributed by atoms with Gasteiger partial charge >= 0.3 is 0 Å². The maximum Gasteiger partial charge on any atom is 0.0716 e. The Morgan fingerprint density at radius 1 is 0.923 bits per heavy atom. The van der Waals surface area contributed by atoms with E-state index in [2.05, 4.69) is 80.6 Å². The Morgan fingerprint density at radius 2 is 1.69 bits per heavy atom. The lowest BCUT2D eigenvalue weighted by Crippen LogP contribution is -2.48. The summed E-state index contributed by atoms with van der Waals surface area (Å²) in [4.78, 5) is 7.65. The molecule has 0 aliphatic heterocycles. The molecule has 0 radical (unpaired) electrons. The lowest BCUT2D eigenvalue weighted by Gasteiger charge is -2.56. The smallest absolute Gasteiger partial charge is 0.0716 e. The summed E-state index contributed by atoms with van der Waals surface area (Å²) >= 11 is 1.82. The molecule has 0 unspecified atom stereocenters. The molecule has 1 nitrogen and oxygen atoms in total. The van der Waals surface area contributed by atoms with Gasteiger partial charge in [0.1, 0.15) is 0 Å². The molecule has 1 fully saturated rings. The van der Waals surface area contributed by atoms with Crippen LogP contribution < -0.4 is 0 Å². The van der Waals surface area contributed by atoms with Gasteiger partial charge in [0, 0.05) is 21.0 Å². The maximum absolute atomic E-state index is 5.12. The predicted octanol–water partition coefficient (Wildman–Crippen LogP) is 6.59. The highest BCUT2D eigenvalue weighted by Gasteiger charge is 2.52. The Hall–Kier alpha value is -2.06. The minimum Gasteiger partial charge on any atom is -0.252 e. The molecule has 1 saturated carbocycles. The number of benzene rings is 2. The van der Waals surface area contributed by atoms with Crippen LogP contribution in [0.5, 0.6) is 0 Å². The largest absolute Gasteiger partial charge is 0.252 e. The normalized spacial score (nSPS) is 22.4. The summed E-state index contributed by atoms with van der Waals surface area (Å²) in [5, 5.41) is 0. The molecular formula is C24H23NS. The van der Waals surface area contributed by atoms with Crippen LogP contribution in [-0.2, 0) is 6.42 Å². The van der Waals surface area contributed by atoms with Crippen LogP contribution in [0.4, 0.5) is 0 Å². The van der Waals surface area contributed by atoms with E-state index < -0.39 is 0 Å². The second-order valence-electron chi connectivity index (χ2n) is 8.15. The van der Waals surface area contributed by atoms with Gasteiger partial charge in [0.05, 0.1) is 5.69 Å². The molecule has 3 aromatic rings. The zero-order valence-electron chi connectivity index (χ0n) is 15.3. The molecule has 26 heavy (non-hydrogen) atoms. The molecule has 6 rings (SSSR count). The summed E-state index contributed by atoms with van der Waals surface area (Å²) in [5.41, 5.74) is 5.64. The fourth-order valence-corrected chi connectivity index (χ4v) is 5.63. The van der Waals surface area contributed by atoms with Crippen LogP contribution in [0.2, 0.25) is 0 Å². The molecule has 0 spiro atoms. The van der Waals surface area contributed by atoms with Crippen LogP contribution in [0.1, 0.15) is 37.4 Å². The van der Waals surface area contributed by atoms with Gasteiger partial charge in [0.2, 0.25) is 0 Å². The predicted molar refractivity (Wildman–Crippen MR) is 109 cm³/mol. The Bertz CT molecular complexity index is 961. The first-order valence-corrected chi connectivity index (χ1v) is 10.3. The molecule has 0 amide bonds. The molecule has 2 bridgehead atoms. The molecule has 0 N–H and O–H groups in total. The average molecular weight is 358 g/mol. The van der Waals surface area contributed by atoms with Crippen molar-refractivity contribution < 1.29 is 0 Å². The van der Waals surface area contributed by atoms with Crippen LogP contribution in [0.3, 0.4) is 0 Å². The van der Waals surface area contributed by atoms with Crippen molar-refractivity contribution in [2.45, 2.75) is 42.4 Å². The van der Waals surface area contributed by atoms with E-state index in [0.29, 0.717) is 11.3 Å². The van der Waals surface area contributed by atoms with Gasteiger partial charge in [-0.05, 0) is 59.9 Å². The van der Waals surface area contributed by atoms with Gasteiger partial charge in [0.25, 0.3) is 0 Å². The van der Waals surface area contributed by atoms with Crippen molar-refractivity contribution in [2.75, 3.05) is 0 Å². The molecule has 2 heteroatoms. The van der Waals surface area contributed by atoms with E-state index in [-0.39, 0.29) is 0 Å². The van der Waals surface area contributed by atoms with Gasteiger partial charge < -0.3 is 0 Å². The number of hydrogen-bond donors (Lipinski definition) is 0. The summed E-state index contributed by atoms with van der Waals surface area (Å²) in [6.07, 6.45) is 2.49. The molecule has 130 valence electrons. The second-order valence-corrected chi connectivity index (χ2v) is 9.27. The summed E-state index contributed by atoms with van der Waals surface area (Å²) in [6.45, 7) is 4.85. The first-order chi connectivity index (χ1) is 12.6. The quantitative estimate of drug-likeness (QED) is 0.525. The van der Waals surface area contributed by atoms with E-state index in [9.17, 15) is 0 Å². The summed E-state index contributed by atoms with van der Waals surface area (Å²) < 4.78 is 0. The molecule has 3 aliphatic carbocycles. The van der Waals surface area contributed by atoms with E-state index in [1.54, 1.807) is 0 Å². The second kappa shape index (κ2) is 5.99. The molecule has 2 atom stereocenters. The van der Waals surface area contributed by atoms with Crippen LogP contribution >= 0.6 is 11.8 Å². The Labute approximate surface area is 159 Å². The Balaban J connectivity index is 1.52. The number of pyridine rings is 1. The fourth-order valence-electron chi connectivity index (χ4n) is 4.65. The zero-order chi connectivity index (χ0) is 17.7. The number of nitrogens with zero attached hydrogens (tertiary/aromatic N) is 1. The molecular weight excluding hydrogens is 334 g/mol. The third kappa shape index (κ3) is 2.51. The highest BCUT2D eigenvalue weighted by molar-refractivity contribution is 7.99. The van der Waals surface area contributed by atoms with Gasteiger partial charge in [-0.2, -0.15) is 0 Å². The van der Waals surface area contributed by atoms with E-state index >= 15 is 0 Å². The monoisotopic (exact) mass is 357 g/mol. The first kappa shape index (κ1) is 16.1. The standard InChI is InChI=1S/C24H23NS/c1-24(2)16-14-20(24)18-12-13-21(25-22(18)15-16)19-10-6-7-11-23(19)26-17-8-4-3-5-9-17/h3-13,16,20H,14-15H2,1-2H3/t16-,20+/m0/s1. The number of aromatic nitrogens is 1. The summed E-state index contributed by atoms with van der Waals surface area (Å²) in [7, 11) is 0. The molecule has 1 heterocycles. The van der Waals surface area contributed by atoms with Crippen molar-refractivity contribution in [3.8, 4) is 11.3 Å². The van der Waals surface area contributed by atoms with Crippen molar-refractivity contribution in [1.82, 2.24) is 4.98 Å². The third-order valence-electron chi connectivity index (χ3n) is 6.43. The van der Waals surface area contributed by atoms with E-state index in [1.807, 2.05) is 11.8 Å². The SMILES string of the molecule is CC1(C)[C@@H]2Cc3nc(-c4ccccc4Sc4ccccc4)ccc3[C@H]1C2. The van der Waals surface area contributed by atoms with Crippen molar-refractivity contribution >= 4 is 11.8 Å². The highest BCUT2D eigenvalue weighted by atomic mass is 32.2. The fraction of sp³-hybridized carbons (Fsp3) is 0.292. The van der Waals surface area contributed by atoms with Gasteiger partial charge in [-0.3, -0.25) is 4.98 Å². The van der Waals surface area contributed by atoms with Gasteiger partial charge in [-0.15, -0.1) is 0 Å². The van der Waals surface area contributed by atoms with Crippen LogP contribution in [-0.4, -0.2) is 4.98 Å². The summed E-state index contributed by atoms with van der Waals surface area (Å²) in [5.74, 6) is 1.50. The molecule has 3 aliphatic rings. The number of hydrogen-bond acceptors (Lipinski definition) is 2. The molecule has 2 aromatic carbocycles.